The van der Waals surface area contributed by atoms with Crippen molar-refractivity contribution in [3.05, 3.63) is 17.8 Å². The number of rotatable bonds is 3. The molecule has 0 spiro atoms. The third kappa shape index (κ3) is 3.28. The van der Waals surface area contributed by atoms with Gasteiger partial charge >= 0.3 is 0 Å². The van der Waals surface area contributed by atoms with Crippen molar-refractivity contribution in [1.29, 1.82) is 0 Å². The van der Waals surface area contributed by atoms with E-state index in [1.165, 1.54) is 6.33 Å². The number of nitrogens with one attached hydrogen (secondary N) is 1. The number of hydrogen-bond donors (Lipinski definition) is 1. The zero-order valence-electron chi connectivity index (χ0n) is 9.92. The summed E-state index contributed by atoms with van der Waals surface area (Å²) >= 11 is 6.04. The molecule has 1 fully saturated rings. The van der Waals surface area contributed by atoms with Crippen LogP contribution >= 0.6 is 11.6 Å². The molecule has 1 saturated carbocycles. The summed E-state index contributed by atoms with van der Waals surface area (Å²) in [7, 11) is 0. The second-order valence-corrected chi connectivity index (χ2v) is 5.24. The van der Waals surface area contributed by atoms with Gasteiger partial charge in [-0.25, -0.2) is 14.4 Å². The van der Waals surface area contributed by atoms with E-state index in [9.17, 15) is 4.39 Å². The number of alkyl halides is 1. The number of nitrogens with zero attached hydrogens (tertiary/aromatic N) is 2. The highest BCUT2D eigenvalue weighted by Crippen LogP contribution is 2.27. The largest absolute Gasteiger partial charge is 0.367 e. The lowest BCUT2D eigenvalue weighted by Crippen LogP contribution is -2.22. The Morgan fingerprint density at radius 2 is 2.06 bits per heavy atom. The Balaban J connectivity index is 1.87. The second kappa shape index (κ2) is 5.63. The van der Waals surface area contributed by atoms with Crippen LogP contribution in [0.2, 0.25) is 0 Å². The summed E-state index contributed by atoms with van der Waals surface area (Å²) < 4.78 is 13.6. The van der Waals surface area contributed by atoms with Crippen molar-refractivity contribution in [2.75, 3.05) is 11.9 Å². The molecular weight excluding hydrogens is 241 g/mol. The van der Waals surface area contributed by atoms with Gasteiger partial charge in [0, 0.05) is 11.9 Å². The molecule has 1 heterocycles. The van der Waals surface area contributed by atoms with E-state index < -0.39 is 0 Å². The van der Waals surface area contributed by atoms with Crippen LogP contribution < -0.4 is 5.32 Å². The van der Waals surface area contributed by atoms with Crippen LogP contribution in [0.5, 0.6) is 0 Å². The smallest absolute Gasteiger partial charge is 0.186 e. The van der Waals surface area contributed by atoms with Crippen LogP contribution in [0.4, 0.5) is 10.2 Å². The minimum Gasteiger partial charge on any atom is -0.367 e. The number of aryl methyl sites for hydroxylation is 1. The topological polar surface area (TPSA) is 37.8 Å². The summed E-state index contributed by atoms with van der Waals surface area (Å²) in [6.07, 6.45) is 5.70. The number of halogens is 2. The van der Waals surface area contributed by atoms with Gasteiger partial charge in [0.2, 0.25) is 0 Å². The highest BCUT2D eigenvalue weighted by molar-refractivity contribution is 6.20. The Bertz CT molecular complexity index is 378. The molecule has 1 aromatic heterocycles. The molecule has 0 aromatic carbocycles. The van der Waals surface area contributed by atoms with E-state index >= 15 is 0 Å². The van der Waals surface area contributed by atoms with Gasteiger partial charge in [0.05, 0.1) is 5.69 Å². The van der Waals surface area contributed by atoms with Gasteiger partial charge in [-0.1, -0.05) is 0 Å². The molecule has 3 nitrogen and oxygen atoms in total. The normalized spacial score (nSPS) is 24.6. The van der Waals surface area contributed by atoms with Crippen LogP contribution in [0.3, 0.4) is 0 Å². The molecule has 17 heavy (non-hydrogen) atoms. The van der Waals surface area contributed by atoms with Crippen molar-refractivity contribution in [1.82, 2.24) is 9.97 Å². The maximum absolute atomic E-state index is 13.6. The van der Waals surface area contributed by atoms with Gasteiger partial charge in [0.15, 0.2) is 11.6 Å². The van der Waals surface area contributed by atoms with Gasteiger partial charge in [0.1, 0.15) is 6.33 Å². The summed E-state index contributed by atoms with van der Waals surface area (Å²) in [4.78, 5) is 7.72. The summed E-state index contributed by atoms with van der Waals surface area (Å²) in [6.45, 7) is 2.40. The molecule has 1 aromatic rings. The van der Waals surface area contributed by atoms with E-state index in [4.69, 9.17) is 11.6 Å². The molecule has 0 atom stereocenters. The van der Waals surface area contributed by atoms with Crippen molar-refractivity contribution in [2.45, 2.75) is 38.0 Å². The van der Waals surface area contributed by atoms with E-state index in [0.717, 1.165) is 32.2 Å². The molecule has 0 aliphatic heterocycles. The highest BCUT2D eigenvalue weighted by Gasteiger charge is 2.19. The fourth-order valence-corrected chi connectivity index (χ4v) is 2.40. The monoisotopic (exact) mass is 257 g/mol. The maximum Gasteiger partial charge on any atom is 0.186 e. The van der Waals surface area contributed by atoms with E-state index in [1.54, 1.807) is 6.92 Å². The minimum atomic E-state index is -0.349. The van der Waals surface area contributed by atoms with Crippen LogP contribution in [0, 0.1) is 18.7 Å². The van der Waals surface area contributed by atoms with Crippen LogP contribution in [0.25, 0.3) is 0 Å². The van der Waals surface area contributed by atoms with Crippen LogP contribution in [0.15, 0.2) is 6.33 Å². The zero-order chi connectivity index (χ0) is 12.3. The van der Waals surface area contributed by atoms with Crippen LogP contribution in [0.1, 0.15) is 31.4 Å². The van der Waals surface area contributed by atoms with E-state index in [2.05, 4.69) is 15.3 Å². The van der Waals surface area contributed by atoms with E-state index in [0.29, 0.717) is 22.8 Å². The Kier molecular flexibility index (Phi) is 4.15. The quantitative estimate of drug-likeness (QED) is 0.846. The fourth-order valence-electron chi connectivity index (χ4n) is 2.15. The van der Waals surface area contributed by atoms with Crippen molar-refractivity contribution >= 4 is 17.4 Å². The Labute approximate surface area is 106 Å². The Hall–Kier alpha value is -0.900. The number of hydrogen-bond acceptors (Lipinski definition) is 3. The van der Waals surface area contributed by atoms with Gasteiger partial charge in [-0.15, -0.1) is 11.6 Å². The maximum atomic E-state index is 13.6. The Morgan fingerprint density at radius 3 is 2.76 bits per heavy atom. The average Bonchev–Trinajstić information content (AvgIpc) is 2.33. The SMILES string of the molecule is Cc1ncnc(NCC2CCC(Cl)CC2)c1F. The molecule has 5 heteroatoms. The molecule has 1 aliphatic rings. The van der Waals surface area contributed by atoms with Crippen molar-refractivity contribution in [3.8, 4) is 0 Å². The molecule has 0 bridgehead atoms. The lowest BCUT2D eigenvalue weighted by molar-refractivity contribution is 0.377. The summed E-state index contributed by atoms with van der Waals surface area (Å²) in [5.41, 5.74) is 0.381. The van der Waals surface area contributed by atoms with Crippen molar-refractivity contribution < 1.29 is 4.39 Å². The lowest BCUT2D eigenvalue weighted by Gasteiger charge is -2.25. The summed E-state index contributed by atoms with van der Waals surface area (Å²) in [5, 5.41) is 3.39. The molecule has 0 radical (unpaired) electrons. The first-order valence-electron chi connectivity index (χ1n) is 6.02. The predicted molar refractivity (Wildman–Crippen MR) is 66.8 cm³/mol. The molecule has 94 valence electrons. The average molecular weight is 258 g/mol. The van der Waals surface area contributed by atoms with Crippen LogP contribution in [-0.4, -0.2) is 21.9 Å². The molecule has 1 aliphatic carbocycles. The molecular formula is C12H17ClFN3. The molecule has 0 unspecified atom stereocenters. The first-order valence-corrected chi connectivity index (χ1v) is 6.45. The zero-order valence-corrected chi connectivity index (χ0v) is 10.7. The number of anilines is 1. The third-order valence-corrected chi connectivity index (χ3v) is 3.73. The highest BCUT2D eigenvalue weighted by atomic mass is 35.5. The van der Waals surface area contributed by atoms with Gasteiger partial charge in [0.25, 0.3) is 0 Å². The van der Waals surface area contributed by atoms with E-state index in [-0.39, 0.29) is 5.82 Å². The first-order chi connectivity index (χ1) is 8.16. The first kappa shape index (κ1) is 12.6. The van der Waals surface area contributed by atoms with Gasteiger partial charge in [-0.2, -0.15) is 0 Å². The lowest BCUT2D eigenvalue weighted by atomic mass is 9.89. The van der Waals surface area contributed by atoms with Gasteiger partial charge < -0.3 is 5.32 Å². The molecule has 2 rings (SSSR count). The number of aromatic nitrogens is 2. The van der Waals surface area contributed by atoms with Crippen molar-refractivity contribution in [2.24, 2.45) is 5.92 Å². The summed E-state index contributed by atoms with van der Waals surface area (Å²) in [5.74, 6) is 0.531. The van der Waals surface area contributed by atoms with Crippen LogP contribution in [-0.2, 0) is 0 Å². The third-order valence-electron chi connectivity index (χ3n) is 3.30. The standard InChI is InChI=1S/C12H17ClFN3/c1-8-11(14)12(17-7-16-8)15-6-9-2-4-10(13)5-3-9/h7,9-10H,2-6H2,1H3,(H,15,16,17). The minimum absolute atomic E-state index is 0.311. The van der Waals surface area contributed by atoms with Gasteiger partial charge in [-0.3, -0.25) is 0 Å². The fraction of sp³-hybridized carbons (Fsp3) is 0.667. The molecule has 0 amide bonds. The second-order valence-electron chi connectivity index (χ2n) is 4.62. The van der Waals surface area contributed by atoms with E-state index in [1.807, 2.05) is 0 Å². The molecule has 0 saturated heterocycles. The molecule has 1 N–H and O–H groups in total. The summed E-state index contributed by atoms with van der Waals surface area (Å²) in [6, 6.07) is 0. The Morgan fingerprint density at radius 1 is 1.35 bits per heavy atom. The predicted octanol–water partition coefficient (Wildman–Crippen LogP) is 3.13. The van der Waals surface area contributed by atoms with Gasteiger partial charge in [-0.05, 0) is 38.5 Å². The van der Waals surface area contributed by atoms with Crippen molar-refractivity contribution in [3.63, 3.8) is 0 Å².